The normalized spacial score (nSPS) is 11.9. The summed E-state index contributed by atoms with van der Waals surface area (Å²) in [4.78, 5) is 21.1. The van der Waals surface area contributed by atoms with Crippen LogP contribution in [0.2, 0.25) is 0 Å². The van der Waals surface area contributed by atoms with Crippen molar-refractivity contribution < 1.29 is 14.6 Å². The highest BCUT2D eigenvalue weighted by molar-refractivity contribution is 5.86. The maximum Gasteiger partial charge on any atom is 0.221 e. The van der Waals surface area contributed by atoms with Crippen molar-refractivity contribution in [1.29, 1.82) is 0 Å². The number of fused-ring (bicyclic) bond motifs is 1. The van der Waals surface area contributed by atoms with Crippen LogP contribution < -0.4 is 10.1 Å². The van der Waals surface area contributed by atoms with Crippen LogP contribution in [0.3, 0.4) is 0 Å². The fourth-order valence-electron chi connectivity index (χ4n) is 3.67. The molecule has 1 atom stereocenters. The Kier molecular flexibility index (Phi) is 6.12. The highest BCUT2D eigenvalue weighted by Gasteiger charge is 2.23. The fraction of sp³-hybridized carbons (Fsp3) is 0.208. The number of methoxy groups -OCH3 is 1. The van der Waals surface area contributed by atoms with Gasteiger partial charge in [-0.25, -0.2) is 4.98 Å². The van der Waals surface area contributed by atoms with E-state index in [4.69, 9.17) is 4.74 Å². The number of phenols is 1. The van der Waals surface area contributed by atoms with Gasteiger partial charge in [0.2, 0.25) is 5.91 Å². The highest BCUT2D eigenvalue weighted by Crippen LogP contribution is 2.38. The molecule has 0 aliphatic rings. The second-order valence-electron chi connectivity index (χ2n) is 7.26. The molecule has 7 heteroatoms. The van der Waals surface area contributed by atoms with Gasteiger partial charge in [0, 0.05) is 55.0 Å². The average molecular weight is 416 g/mol. The number of nitrogens with one attached hydrogen (secondary N) is 1. The van der Waals surface area contributed by atoms with Crippen LogP contribution >= 0.6 is 0 Å². The average Bonchev–Trinajstić information content (AvgIpc) is 3.32. The Morgan fingerprint density at radius 1 is 1.16 bits per heavy atom. The number of amides is 1. The van der Waals surface area contributed by atoms with Gasteiger partial charge >= 0.3 is 0 Å². The van der Waals surface area contributed by atoms with E-state index in [0.29, 0.717) is 24.2 Å². The number of rotatable bonds is 8. The molecule has 0 bridgehead atoms. The van der Waals surface area contributed by atoms with E-state index in [1.807, 2.05) is 59.3 Å². The molecule has 158 valence electrons. The van der Waals surface area contributed by atoms with Gasteiger partial charge in [-0.05, 0) is 23.8 Å². The zero-order chi connectivity index (χ0) is 21.6. The van der Waals surface area contributed by atoms with Crippen LogP contribution in [-0.2, 0) is 11.3 Å². The second kappa shape index (κ2) is 9.30. The molecule has 0 radical (unpaired) electrons. The van der Waals surface area contributed by atoms with Gasteiger partial charge in [0.15, 0.2) is 0 Å². The number of ether oxygens (including phenoxy) is 1. The van der Waals surface area contributed by atoms with Crippen LogP contribution in [0.15, 0.2) is 73.4 Å². The minimum absolute atomic E-state index is 0.0959. The molecule has 31 heavy (non-hydrogen) atoms. The van der Waals surface area contributed by atoms with Gasteiger partial charge < -0.3 is 19.7 Å². The zero-order valence-corrected chi connectivity index (χ0v) is 17.2. The van der Waals surface area contributed by atoms with Crippen LogP contribution in [-0.4, -0.2) is 39.2 Å². The Balaban J connectivity index is 1.60. The summed E-state index contributed by atoms with van der Waals surface area (Å²) in [6, 6.07) is 15.1. The van der Waals surface area contributed by atoms with Gasteiger partial charge in [0.1, 0.15) is 17.0 Å². The number of imidazole rings is 1. The van der Waals surface area contributed by atoms with E-state index in [1.165, 1.54) is 0 Å². The van der Waals surface area contributed by atoms with Crippen molar-refractivity contribution >= 4 is 16.8 Å². The SMILES string of the molecule is COc1ccc(C(CC(=O)NCCn2ccnc2)c2ccc3cccnc3c2O)cc1. The van der Waals surface area contributed by atoms with Crippen molar-refractivity contribution in [3.8, 4) is 11.5 Å². The molecule has 2 N–H and O–H groups in total. The first-order valence-electron chi connectivity index (χ1n) is 10.1. The van der Waals surface area contributed by atoms with Crippen molar-refractivity contribution in [3.63, 3.8) is 0 Å². The Labute approximate surface area is 180 Å². The summed E-state index contributed by atoms with van der Waals surface area (Å²) in [6.45, 7) is 1.14. The summed E-state index contributed by atoms with van der Waals surface area (Å²) in [5, 5.41) is 14.8. The molecule has 0 spiro atoms. The van der Waals surface area contributed by atoms with Crippen LogP contribution in [0.5, 0.6) is 11.5 Å². The minimum Gasteiger partial charge on any atom is -0.505 e. The summed E-state index contributed by atoms with van der Waals surface area (Å²) in [5.74, 6) is 0.411. The molecular weight excluding hydrogens is 392 g/mol. The molecule has 4 rings (SSSR count). The summed E-state index contributed by atoms with van der Waals surface area (Å²) < 4.78 is 7.16. The van der Waals surface area contributed by atoms with Crippen molar-refractivity contribution in [3.05, 3.63) is 84.6 Å². The van der Waals surface area contributed by atoms with Crippen molar-refractivity contribution in [1.82, 2.24) is 19.9 Å². The van der Waals surface area contributed by atoms with E-state index in [1.54, 1.807) is 25.8 Å². The predicted molar refractivity (Wildman–Crippen MR) is 118 cm³/mol. The maximum atomic E-state index is 12.8. The third-order valence-corrected chi connectivity index (χ3v) is 5.31. The largest absolute Gasteiger partial charge is 0.505 e. The summed E-state index contributed by atoms with van der Waals surface area (Å²) in [6.07, 6.45) is 7.12. The second-order valence-corrected chi connectivity index (χ2v) is 7.26. The quantitative estimate of drug-likeness (QED) is 0.459. The monoisotopic (exact) mass is 416 g/mol. The molecular formula is C24H24N4O3. The lowest BCUT2D eigenvalue weighted by molar-refractivity contribution is -0.121. The highest BCUT2D eigenvalue weighted by atomic mass is 16.5. The molecule has 0 aliphatic carbocycles. The first kappa shape index (κ1) is 20.4. The van der Waals surface area contributed by atoms with E-state index in [-0.39, 0.29) is 24.0 Å². The van der Waals surface area contributed by atoms with E-state index in [0.717, 1.165) is 16.7 Å². The van der Waals surface area contributed by atoms with E-state index >= 15 is 0 Å². The zero-order valence-electron chi connectivity index (χ0n) is 17.2. The summed E-state index contributed by atoms with van der Waals surface area (Å²) >= 11 is 0. The van der Waals surface area contributed by atoms with Crippen LogP contribution in [0.4, 0.5) is 0 Å². The Bertz CT molecular complexity index is 1160. The first-order valence-corrected chi connectivity index (χ1v) is 10.1. The third kappa shape index (κ3) is 4.66. The summed E-state index contributed by atoms with van der Waals surface area (Å²) in [7, 11) is 1.61. The van der Waals surface area contributed by atoms with Gasteiger partial charge in [-0.1, -0.05) is 30.3 Å². The van der Waals surface area contributed by atoms with Crippen molar-refractivity contribution in [2.75, 3.05) is 13.7 Å². The number of pyridine rings is 1. The number of carbonyl (C=O) groups is 1. The van der Waals surface area contributed by atoms with Crippen molar-refractivity contribution in [2.24, 2.45) is 0 Å². The molecule has 1 unspecified atom stereocenters. The fourth-order valence-corrected chi connectivity index (χ4v) is 3.67. The number of aromatic hydroxyl groups is 1. The van der Waals surface area contributed by atoms with E-state index in [9.17, 15) is 9.90 Å². The summed E-state index contributed by atoms with van der Waals surface area (Å²) in [5.41, 5.74) is 2.11. The van der Waals surface area contributed by atoms with Gasteiger partial charge in [0.05, 0.1) is 13.4 Å². The molecule has 2 aromatic carbocycles. The molecule has 0 fully saturated rings. The van der Waals surface area contributed by atoms with Crippen LogP contribution in [0, 0.1) is 0 Å². The molecule has 0 saturated heterocycles. The predicted octanol–water partition coefficient (Wildman–Crippen LogP) is 3.48. The number of aromatic nitrogens is 3. The Morgan fingerprint density at radius 3 is 2.74 bits per heavy atom. The molecule has 4 aromatic rings. The van der Waals surface area contributed by atoms with Crippen LogP contribution in [0.1, 0.15) is 23.5 Å². The molecule has 1 amide bonds. The number of phenolic OH excluding ortho intramolecular Hbond substituents is 1. The molecule has 0 aliphatic heterocycles. The first-order chi connectivity index (χ1) is 15.2. The lowest BCUT2D eigenvalue weighted by Crippen LogP contribution is -2.28. The minimum atomic E-state index is -0.328. The number of nitrogens with zero attached hydrogens (tertiary/aromatic N) is 3. The molecule has 0 saturated carbocycles. The number of hydrogen-bond donors (Lipinski definition) is 2. The van der Waals surface area contributed by atoms with E-state index in [2.05, 4.69) is 15.3 Å². The smallest absolute Gasteiger partial charge is 0.221 e. The van der Waals surface area contributed by atoms with Gasteiger partial charge in [-0.15, -0.1) is 0 Å². The Morgan fingerprint density at radius 2 is 2.00 bits per heavy atom. The number of benzene rings is 2. The van der Waals surface area contributed by atoms with Gasteiger partial charge in [0.25, 0.3) is 0 Å². The number of hydrogen-bond acceptors (Lipinski definition) is 5. The van der Waals surface area contributed by atoms with Gasteiger partial charge in [-0.3, -0.25) is 9.78 Å². The lowest BCUT2D eigenvalue weighted by Gasteiger charge is -2.20. The van der Waals surface area contributed by atoms with Crippen molar-refractivity contribution in [2.45, 2.75) is 18.9 Å². The number of carbonyl (C=O) groups excluding carboxylic acids is 1. The molecule has 2 aromatic heterocycles. The van der Waals surface area contributed by atoms with Gasteiger partial charge in [-0.2, -0.15) is 0 Å². The van der Waals surface area contributed by atoms with E-state index < -0.39 is 0 Å². The third-order valence-electron chi connectivity index (χ3n) is 5.31. The Hall–Kier alpha value is -3.87. The topological polar surface area (TPSA) is 89.3 Å². The maximum absolute atomic E-state index is 12.8. The molecule has 2 heterocycles. The standard InChI is InChI=1S/C24H24N4O3/c1-31-19-7-4-17(5-8-19)21(15-22(29)26-12-14-28-13-11-25-16-28)20-9-6-18-3-2-10-27-23(18)24(20)30/h2-11,13,16,21,30H,12,14-15H2,1H3,(H,26,29). The molecule has 7 nitrogen and oxygen atoms in total. The van der Waals surface area contributed by atoms with Crippen LogP contribution in [0.25, 0.3) is 10.9 Å². The lowest BCUT2D eigenvalue weighted by atomic mass is 9.87.